The highest BCUT2D eigenvalue weighted by atomic mass is 32.1. The Labute approximate surface area is 245 Å². The highest BCUT2D eigenvalue weighted by Crippen LogP contribution is 2.37. The number of nitrogens with one attached hydrogen (secondary N) is 1. The minimum atomic E-state index is -4.33. The summed E-state index contributed by atoms with van der Waals surface area (Å²) in [4.78, 5) is 15.4. The fourth-order valence-electron chi connectivity index (χ4n) is 5.28. The Morgan fingerprint density at radius 1 is 1.02 bits per heavy atom. The van der Waals surface area contributed by atoms with E-state index in [1.54, 1.807) is 27.5 Å². The molecule has 0 amide bonds. The van der Waals surface area contributed by atoms with Gasteiger partial charge in [0.15, 0.2) is 5.75 Å². The maximum absolute atomic E-state index is 13.0. The van der Waals surface area contributed by atoms with E-state index < -0.39 is 18.7 Å². The van der Waals surface area contributed by atoms with Gasteiger partial charge in [-0.25, -0.2) is 4.98 Å². The van der Waals surface area contributed by atoms with Crippen molar-refractivity contribution in [3.05, 3.63) is 53.0 Å². The van der Waals surface area contributed by atoms with E-state index in [2.05, 4.69) is 20.3 Å². The highest BCUT2D eigenvalue weighted by Gasteiger charge is 2.37. The van der Waals surface area contributed by atoms with Gasteiger partial charge in [-0.1, -0.05) is 24.3 Å². The van der Waals surface area contributed by atoms with Crippen molar-refractivity contribution in [2.75, 3.05) is 33.3 Å². The molecule has 1 aliphatic rings. The molecule has 42 heavy (non-hydrogen) atoms. The average molecular weight is 604 g/mol. The van der Waals surface area contributed by atoms with Gasteiger partial charge in [0.1, 0.15) is 10.6 Å². The Balaban J connectivity index is 1.25. The van der Waals surface area contributed by atoms with Crippen LogP contribution in [0.1, 0.15) is 23.3 Å². The van der Waals surface area contributed by atoms with Crippen molar-refractivity contribution >= 4 is 27.4 Å². The van der Waals surface area contributed by atoms with Crippen molar-refractivity contribution in [2.45, 2.75) is 50.2 Å². The zero-order valence-corrected chi connectivity index (χ0v) is 24.4. The molecule has 0 saturated heterocycles. The van der Waals surface area contributed by atoms with Crippen molar-refractivity contribution in [3.63, 3.8) is 0 Å². The number of fused-ring (bicyclic) bond motifs is 1. The van der Waals surface area contributed by atoms with Crippen LogP contribution in [-0.4, -0.2) is 72.8 Å². The largest absolute Gasteiger partial charge is 0.491 e. The van der Waals surface area contributed by atoms with Gasteiger partial charge in [0.2, 0.25) is 0 Å². The van der Waals surface area contributed by atoms with E-state index in [0.29, 0.717) is 47.1 Å². The predicted molar refractivity (Wildman–Crippen MR) is 155 cm³/mol. The number of aliphatic hydroxyl groups excluding tert-OH is 1. The van der Waals surface area contributed by atoms with Crippen molar-refractivity contribution in [2.24, 2.45) is 0 Å². The normalized spacial score (nSPS) is 18.8. The number of pyridine rings is 1. The molecule has 9 nitrogen and oxygen atoms in total. The number of anilines is 1. The number of thiophene rings is 1. The van der Waals surface area contributed by atoms with Gasteiger partial charge in [0, 0.05) is 36.3 Å². The number of halogens is 3. The molecule has 0 bridgehead atoms. The van der Waals surface area contributed by atoms with Crippen LogP contribution < -0.4 is 24.4 Å². The Hall–Kier alpha value is -3.68. The lowest BCUT2D eigenvalue weighted by Gasteiger charge is -2.28. The number of nitrogens with zero attached hydrogens (tertiary/aromatic N) is 4. The quantitative estimate of drug-likeness (QED) is 0.259. The number of ether oxygens (including phenoxy) is 3. The third-order valence-electron chi connectivity index (χ3n) is 7.40. The van der Waals surface area contributed by atoms with E-state index >= 15 is 0 Å². The molecule has 0 unspecified atom stereocenters. The molecule has 2 N–H and O–H groups in total. The Kier molecular flexibility index (Phi) is 8.71. The van der Waals surface area contributed by atoms with Gasteiger partial charge < -0.3 is 29.5 Å². The molecular weight excluding hydrogens is 571 g/mol. The van der Waals surface area contributed by atoms with Gasteiger partial charge in [-0.05, 0) is 36.1 Å². The number of methoxy groups -OCH3 is 3. The minimum Gasteiger partial charge on any atom is -0.491 e. The molecule has 4 aromatic rings. The summed E-state index contributed by atoms with van der Waals surface area (Å²) < 4.78 is 54.9. The van der Waals surface area contributed by atoms with Crippen LogP contribution in [0.25, 0.3) is 21.3 Å². The molecule has 1 aromatic carbocycles. The number of aromatic nitrogens is 3. The Morgan fingerprint density at radius 3 is 2.45 bits per heavy atom. The number of likely N-dealkylation sites (N-methyl/N-ethyl adjacent to an activating group) is 1. The van der Waals surface area contributed by atoms with Crippen LogP contribution in [0.2, 0.25) is 0 Å². The van der Waals surface area contributed by atoms with Crippen molar-refractivity contribution in [3.8, 4) is 28.8 Å². The molecule has 3 aromatic heterocycles. The predicted octanol–water partition coefficient (Wildman–Crippen LogP) is 5.00. The SMILES string of the molecule is COc1nc(N(C)[C@H]2C[C@@H](NCc3ccc(-c4cnc(OC)c(OC)c4)cc3)C[C@H]2O)c2cc(CC(F)(F)F)sc2n1. The van der Waals surface area contributed by atoms with Crippen LogP contribution in [0, 0.1) is 0 Å². The Bertz CT molecular complexity index is 1530. The van der Waals surface area contributed by atoms with E-state index in [4.69, 9.17) is 14.2 Å². The van der Waals surface area contributed by atoms with Gasteiger partial charge in [-0.15, -0.1) is 11.3 Å². The van der Waals surface area contributed by atoms with Crippen LogP contribution in [0.5, 0.6) is 17.6 Å². The van der Waals surface area contributed by atoms with Crippen LogP contribution in [0.15, 0.2) is 42.6 Å². The molecule has 1 aliphatic carbocycles. The van der Waals surface area contributed by atoms with E-state index in [1.165, 1.54) is 13.2 Å². The number of hydrogen-bond donors (Lipinski definition) is 2. The summed E-state index contributed by atoms with van der Waals surface area (Å²) in [6, 6.07) is 11.3. The fraction of sp³-hybridized carbons (Fsp3) is 0.414. The molecule has 3 atom stereocenters. The number of rotatable bonds is 10. The van der Waals surface area contributed by atoms with Crippen LogP contribution in [0.4, 0.5) is 19.0 Å². The molecule has 0 aliphatic heterocycles. The molecule has 0 spiro atoms. The Morgan fingerprint density at radius 2 is 1.79 bits per heavy atom. The lowest BCUT2D eigenvalue weighted by molar-refractivity contribution is -0.126. The van der Waals surface area contributed by atoms with E-state index in [1.807, 2.05) is 35.2 Å². The van der Waals surface area contributed by atoms with Crippen LogP contribution in [-0.2, 0) is 13.0 Å². The van der Waals surface area contributed by atoms with E-state index in [0.717, 1.165) is 28.0 Å². The lowest BCUT2D eigenvalue weighted by atomic mass is 10.1. The molecule has 0 radical (unpaired) electrons. The minimum absolute atomic E-state index is 0.0321. The third kappa shape index (κ3) is 6.53. The van der Waals surface area contributed by atoms with Crippen LogP contribution >= 0.6 is 11.3 Å². The summed E-state index contributed by atoms with van der Waals surface area (Å²) in [5, 5.41) is 15.0. The second-order valence-corrected chi connectivity index (χ2v) is 11.3. The van der Waals surface area contributed by atoms with Gasteiger partial charge in [0.05, 0.1) is 45.3 Å². The number of alkyl halides is 3. The topological polar surface area (TPSA) is 102 Å². The zero-order chi connectivity index (χ0) is 30.0. The van der Waals surface area contributed by atoms with Gasteiger partial charge in [-0.3, -0.25) is 0 Å². The first-order valence-corrected chi connectivity index (χ1v) is 14.1. The first-order valence-electron chi connectivity index (χ1n) is 13.3. The molecule has 13 heteroatoms. The fourth-order valence-corrected chi connectivity index (χ4v) is 6.33. The molecule has 1 saturated carbocycles. The summed E-state index contributed by atoms with van der Waals surface area (Å²) in [6.07, 6.45) is -3.13. The first kappa shape index (κ1) is 29.8. The van der Waals surface area contributed by atoms with Gasteiger partial charge in [-0.2, -0.15) is 23.1 Å². The number of benzene rings is 1. The summed E-state index contributed by atoms with van der Waals surface area (Å²) in [5.74, 6) is 1.42. The third-order valence-corrected chi connectivity index (χ3v) is 8.43. The van der Waals surface area contributed by atoms with Gasteiger partial charge in [0.25, 0.3) is 5.88 Å². The first-order chi connectivity index (χ1) is 20.1. The number of aliphatic hydroxyl groups is 1. The van der Waals surface area contributed by atoms with Crippen LogP contribution in [0.3, 0.4) is 0 Å². The standard InChI is InChI=1S/C29H32F3N5O4S/c1-37(25-21-12-20(13-29(30,31)32)42-27(21)36-28(35-25)41-4)22-10-19(11-23(22)38)33-14-16-5-7-17(8-6-16)18-9-24(39-2)26(40-3)34-15-18/h5-9,12,15,19,22-23,33,38H,10-11,13-14H2,1-4H3/t19-,22+,23-/m1/s1. The summed E-state index contributed by atoms with van der Waals surface area (Å²) >= 11 is 0.970. The molecule has 5 rings (SSSR count). The summed E-state index contributed by atoms with van der Waals surface area (Å²) in [6.45, 7) is 0.606. The maximum Gasteiger partial charge on any atom is 0.393 e. The van der Waals surface area contributed by atoms with E-state index in [9.17, 15) is 18.3 Å². The zero-order valence-electron chi connectivity index (χ0n) is 23.6. The monoisotopic (exact) mass is 603 g/mol. The molecule has 224 valence electrons. The molecule has 1 fully saturated rings. The second kappa shape index (κ2) is 12.3. The maximum atomic E-state index is 13.0. The van der Waals surface area contributed by atoms with Gasteiger partial charge >= 0.3 is 12.2 Å². The smallest absolute Gasteiger partial charge is 0.393 e. The molecule has 3 heterocycles. The van der Waals surface area contributed by atoms with E-state index in [-0.39, 0.29) is 23.0 Å². The summed E-state index contributed by atoms with van der Waals surface area (Å²) in [5.41, 5.74) is 2.98. The molecular formula is C29H32F3N5O4S. The second-order valence-electron chi connectivity index (χ2n) is 10.2. The van der Waals surface area contributed by atoms with Crippen molar-refractivity contribution in [1.29, 1.82) is 0 Å². The van der Waals surface area contributed by atoms with Crippen molar-refractivity contribution in [1.82, 2.24) is 20.3 Å². The lowest BCUT2D eigenvalue weighted by Crippen LogP contribution is -2.38. The summed E-state index contributed by atoms with van der Waals surface area (Å²) in [7, 11) is 6.32. The highest BCUT2D eigenvalue weighted by molar-refractivity contribution is 7.18. The number of hydrogen-bond acceptors (Lipinski definition) is 10. The average Bonchev–Trinajstić information content (AvgIpc) is 3.55. The van der Waals surface area contributed by atoms with Crippen molar-refractivity contribution < 1.29 is 32.5 Å².